The second kappa shape index (κ2) is 7.39. The molecule has 122 valence electrons. The van der Waals surface area contributed by atoms with E-state index in [1.165, 1.54) is 0 Å². The molecule has 0 unspecified atom stereocenters. The van der Waals surface area contributed by atoms with E-state index in [1.807, 2.05) is 43.3 Å². The van der Waals surface area contributed by atoms with E-state index < -0.39 is 0 Å². The standard InChI is InChI=1S/C17H23N5O/c1-14-18-16(20-15-5-3-2-4-6-15)13-17(19-14)22-9-7-21(8-10-22)11-12-23/h2-6,13,23H,7-12H2,1H3,(H,18,19,20). The average molecular weight is 313 g/mol. The van der Waals surface area contributed by atoms with E-state index in [9.17, 15) is 0 Å². The molecular weight excluding hydrogens is 290 g/mol. The Morgan fingerprint density at radius 1 is 1.09 bits per heavy atom. The molecule has 1 aliphatic heterocycles. The van der Waals surface area contributed by atoms with Gasteiger partial charge in [-0.05, 0) is 19.1 Å². The fourth-order valence-corrected chi connectivity index (χ4v) is 2.79. The van der Waals surface area contributed by atoms with Gasteiger partial charge in [0.2, 0.25) is 0 Å². The summed E-state index contributed by atoms with van der Waals surface area (Å²) in [5.74, 6) is 2.54. The number of hydrogen-bond donors (Lipinski definition) is 2. The van der Waals surface area contributed by atoms with Gasteiger partial charge in [0.25, 0.3) is 0 Å². The highest BCUT2D eigenvalue weighted by Crippen LogP contribution is 2.20. The predicted molar refractivity (Wildman–Crippen MR) is 92.2 cm³/mol. The molecule has 1 aromatic carbocycles. The number of nitrogens with zero attached hydrogens (tertiary/aromatic N) is 4. The second-order valence-electron chi connectivity index (χ2n) is 5.70. The van der Waals surface area contributed by atoms with Crippen molar-refractivity contribution in [1.82, 2.24) is 14.9 Å². The van der Waals surface area contributed by atoms with Crippen LogP contribution in [0.15, 0.2) is 36.4 Å². The maximum atomic E-state index is 9.03. The first-order chi connectivity index (χ1) is 11.2. The minimum Gasteiger partial charge on any atom is -0.395 e. The van der Waals surface area contributed by atoms with Crippen LogP contribution in [0.1, 0.15) is 5.82 Å². The third kappa shape index (κ3) is 4.18. The number of hydrogen-bond acceptors (Lipinski definition) is 6. The lowest BCUT2D eigenvalue weighted by Crippen LogP contribution is -2.47. The summed E-state index contributed by atoms with van der Waals surface area (Å²) in [5.41, 5.74) is 1.02. The van der Waals surface area contributed by atoms with Crippen molar-refractivity contribution in [2.24, 2.45) is 0 Å². The SMILES string of the molecule is Cc1nc(Nc2ccccc2)cc(N2CCN(CCO)CC2)n1. The van der Waals surface area contributed by atoms with Crippen LogP contribution in [-0.4, -0.2) is 59.3 Å². The lowest BCUT2D eigenvalue weighted by atomic mass is 10.3. The number of para-hydroxylation sites is 1. The fraction of sp³-hybridized carbons (Fsp3) is 0.412. The zero-order chi connectivity index (χ0) is 16.1. The first-order valence-electron chi connectivity index (χ1n) is 8.00. The van der Waals surface area contributed by atoms with Crippen LogP contribution in [-0.2, 0) is 0 Å². The van der Waals surface area contributed by atoms with Crippen LogP contribution in [0.5, 0.6) is 0 Å². The van der Waals surface area contributed by atoms with Gasteiger partial charge in [-0.15, -0.1) is 0 Å². The Bertz CT molecular complexity index is 626. The molecule has 6 nitrogen and oxygen atoms in total. The highest BCUT2D eigenvalue weighted by Gasteiger charge is 2.18. The van der Waals surface area contributed by atoms with E-state index in [0.717, 1.165) is 55.9 Å². The number of rotatable bonds is 5. The second-order valence-corrected chi connectivity index (χ2v) is 5.70. The van der Waals surface area contributed by atoms with Crippen molar-refractivity contribution in [2.45, 2.75) is 6.92 Å². The summed E-state index contributed by atoms with van der Waals surface area (Å²) in [5, 5.41) is 12.4. The van der Waals surface area contributed by atoms with Crippen molar-refractivity contribution >= 4 is 17.3 Å². The van der Waals surface area contributed by atoms with Crippen molar-refractivity contribution in [3.8, 4) is 0 Å². The molecule has 2 heterocycles. The highest BCUT2D eigenvalue weighted by atomic mass is 16.3. The minimum absolute atomic E-state index is 0.220. The molecular formula is C17H23N5O. The van der Waals surface area contributed by atoms with E-state index in [-0.39, 0.29) is 6.61 Å². The molecule has 2 N–H and O–H groups in total. The summed E-state index contributed by atoms with van der Waals surface area (Å²) in [6, 6.07) is 12.0. The number of aliphatic hydroxyl groups excluding tert-OH is 1. The van der Waals surface area contributed by atoms with Crippen LogP contribution >= 0.6 is 0 Å². The van der Waals surface area contributed by atoms with Crippen molar-refractivity contribution < 1.29 is 5.11 Å². The van der Waals surface area contributed by atoms with Crippen molar-refractivity contribution in [3.05, 3.63) is 42.2 Å². The van der Waals surface area contributed by atoms with E-state index in [0.29, 0.717) is 0 Å². The van der Waals surface area contributed by atoms with Crippen molar-refractivity contribution in [2.75, 3.05) is 49.5 Å². The molecule has 0 aliphatic carbocycles. The van der Waals surface area contributed by atoms with E-state index in [2.05, 4.69) is 25.1 Å². The fourth-order valence-electron chi connectivity index (χ4n) is 2.79. The Labute approximate surface area is 136 Å². The van der Waals surface area contributed by atoms with Gasteiger partial charge in [0.15, 0.2) is 0 Å². The summed E-state index contributed by atoms with van der Waals surface area (Å²) in [4.78, 5) is 13.6. The summed E-state index contributed by atoms with van der Waals surface area (Å²) in [6.07, 6.45) is 0. The minimum atomic E-state index is 0.220. The smallest absolute Gasteiger partial charge is 0.136 e. The van der Waals surface area contributed by atoms with Gasteiger partial charge >= 0.3 is 0 Å². The van der Waals surface area contributed by atoms with Crippen molar-refractivity contribution in [3.63, 3.8) is 0 Å². The summed E-state index contributed by atoms with van der Waals surface area (Å²) in [6.45, 7) is 6.62. The van der Waals surface area contributed by atoms with Crippen LogP contribution in [0.3, 0.4) is 0 Å². The zero-order valence-electron chi connectivity index (χ0n) is 13.4. The number of benzene rings is 1. The highest BCUT2D eigenvalue weighted by molar-refractivity contribution is 5.59. The van der Waals surface area contributed by atoms with Gasteiger partial charge in [0.05, 0.1) is 6.61 Å². The lowest BCUT2D eigenvalue weighted by Gasteiger charge is -2.35. The van der Waals surface area contributed by atoms with Crippen LogP contribution < -0.4 is 10.2 Å². The van der Waals surface area contributed by atoms with Gasteiger partial charge < -0.3 is 15.3 Å². The van der Waals surface area contributed by atoms with E-state index in [1.54, 1.807) is 0 Å². The van der Waals surface area contributed by atoms with Crippen LogP contribution in [0.4, 0.5) is 17.3 Å². The first kappa shape index (κ1) is 15.7. The Balaban J connectivity index is 1.71. The average Bonchev–Trinajstić information content (AvgIpc) is 2.56. The summed E-state index contributed by atoms with van der Waals surface area (Å²) >= 11 is 0. The number of anilines is 3. The van der Waals surface area contributed by atoms with E-state index in [4.69, 9.17) is 5.11 Å². The molecule has 0 spiro atoms. The van der Waals surface area contributed by atoms with Gasteiger partial charge in [-0.2, -0.15) is 0 Å². The Kier molecular flexibility index (Phi) is 5.05. The van der Waals surface area contributed by atoms with E-state index >= 15 is 0 Å². The van der Waals surface area contributed by atoms with Gasteiger partial charge in [-0.1, -0.05) is 18.2 Å². The molecule has 0 amide bonds. The maximum Gasteiger partial charge on any atom is 0.136 e. The zero-order valence-corrected chi connectivity index (χ0v) is 13.4. The third-order valence-corrected chi connectivity index (χ3v) is 3.98. The molecule has 1 saturated heterocycles. The van der Waals surface area contributed by atoms with Crippen LogP contribution in [0.25, 0.3) is 0 Å². The summed E-state index contributed by atoms with van der Waals surface area (Å²) < 4.78 is 0. The first-order valence-corrected chi connectivity index (χ1v) is 8.00. The molecule has 1 aromatic heterocycles. The number of aromatic nitrogens is 2. The number of piperazine rings is 1. The number of aryl methyl sites for hydroxylation is 1. The number of aliphatic hydroxyl groups is 1. The number of nitrogens with one attached hydrogen (secondary N) is 1. The Morgan fingerprint density at radius 2 is 1.83 bits per heavy atom. The molecule has 1 aliphatic rings. The molecule has 0 bridgehead atoms. The van der Waals surface area contributed by atoms with Gasteiger partial charge in [0.1, 0.15) is 17.5 Å². The molecule has 1 fully saturated rings. The molecule has 0 radical (unpaired) electrons. The van der Waals surface area contributed by atoms with Gasteiger partial charge in [0, 0.05) is 44.5 Å². The Hall–Kier alpha value is -2.18. The Morgan fingerprint density at radius 3 is 2.52 bits per heavy atom. The predicted octanol–water partition coefficient (Wildman–Crippen LogP) is 1.64. The van der Waals surface area contributed by atoms with Gasteiger partial charge in [-0.25, -0.2) is 9.97 Å². The topological polar surface area (TPSA) is 64.5 Å². The van der Waals surface area contributed by atoms with Crippen LogP contribution in [0.2, 0.25) is 0 Å². The van der Waals surface area contributed by atoms with Gasteiger partial charge in [-0.3, -0.25) is 4.90 Å². The molecule has 2 aromatic rings. The largest absolute Gasteiger partial charge is 0.395 e. The third-order valence-electron chi connectivity index (χ3n) is 3.98. The molecule has 0 saturated carbocycles. The monoisotopic (exact) mass is 313 g/mol. The molecule has 0 atom stereocenters. The molecule has 23 heavy (non-hydrogen) atoms. The molecule has 6 heteroatoms. The maximum absolute atomic E-state index is 9.03. The summed E-state index contributed by atoms with van der Waals surface area (Å²) in [7, 11) is 0. The lowest BCUT2D eigenvalue weighted by molar-refractivity contribution is 0.188. The quantitative estimate of drug-likeness (QED) is 0.875. The number of β-amino-alcohol motifs (C(OH)–C–C–N with tert-alkyl or cyclic N) is 1. The van der Waals surface area contributed by atoms with Crippen LogP contribution in [0, 0.1) is 6.92 Å². The van der Waals surface area contributed by atoms with Crippen molar-refractivity contribution in [1.29, 1.82) is 0 Å². The molecule has 3 rings (SSSR count). The normalized spacial score (nSPS) is 15.7.